The molecule has 112 valence electrons. The van der Waals surface area contributed by atoms with Crippen LogP contribution >= 0.6 is 0 Å². The Hall–Kier alpha value is -2.46. The van der Waals surface area contributed by atoms with Crippen LogP contribution in [0.3, 0.4) is 0 Å². The number of hydrogen-bond donors (Lipinski definition) is 0. The van der Waals surface area contributed by atoms with Crippen molar-refractivity contribution < 1.29 is 0 Å². The van der Waals surface area contributed by atoms with Crippen molar-refractivity contribution in [3.05, 3.63) is 35.3 Å². The molecule has 0 saturated carbocycles. The van der Waals surface area contributed by atoms with E-state index in [9.17, 15) is 0 Å². The highest BCUT2D eigenvalue weighted by atomic mass is 15.4. The Bertz CT molecular complexity index is 739. The second-order valence-electron chi connectivity index (χ2n) is 6.04. The molecule has 0 bridgehead atoms. The molecule has 4 rings (SSSR count). The minimum atomic E-state index is 0.308. The summed E-state index contributed by atoms with van der Waals surface area (Å²) in [6.07, 6.45) is 4.39. The molecule has 0 N–H and O–H groups in total. The Labute approximate surface area is 128 Å². The minimum absolute atomic E-state index is 0.308. The van der Waals surface area contributed by atoms with Crippen molar-refractivity contribution in [2.45, 2.75) is 19.0 Å². The molecule has 1 saturated heterocycles. The van der Waals surface area contributed by atoms with Gasteiger partial charge in [-0.25, -0.2) is 0 Å². The van der Waals surface area contributed by atoms with Gasteiger partial charge in [0, 0.05) is 38.8 Å². The monoisotopic (exact) mass is 295 g/mol. The van der Waals surface area contributed by atoms with E-state index >= 15 is 0 Å². The molecule has 0 atom stereocenters. The SMILES string of the molecule is CN1CCc2nnc(N3CC(n4cc(C#N)cn4)C3)cc2C1. The van der Waals surface area contributed by atoms with Crippen LogP contribution in [0.2, 0.25) is 0 Å². The third kappa shape index (κ3) is 2.22. The van der Waals surface area contributed by atoms with Crippen molar-refractivity contribution in [2.24, 2.45) is 0 Å². The molecule has 4 heterocycles. The van der Waals surface area contributed by atoms with Crippen LogP contribution in [0.25, 0.3) is 0 Å². The van der Waals surface area contributed by atoms with Crippen LogP contribution in [0.5, 0.6) is 0 Å². The van der Waals surface area contributed by atoms with E-state index in [2.05, 4.69) is 44.3 Å². The molecule has 2 aliphatic heterocycles. The number of rotatable bonds is 2. The standard InChI is InChI=1S/C15H17N7/c1-20-3-2-14-12(8-20)4-15(19-18-14)21-9-13(10-21)22-7-11(5-16)6-17-22/h4,6-7,13H,2-3,8-10H2,1H3. The first-order valence-corrected chi connectivity index (χ1v) is 7.46. The van der Waals surface area contributed by atoms with Gasteiger partial charge in [0.25, 0.3) is 0 Å². The van der Waals surface area contributed by atoms with Crippen LogP contribution in [-0.4, -0.2) is 51.6 Å². The van der Waals surface area contributed by atoms with E-state index in [-0.39, 0.29) is 0 Å². The van der Waals surface area contributed by atoms with Crippen molar-refractivity contribution in [1.29, 1.82) is 5.26 Å². The highest BCUT2D eigenvalue weighted by Gasteiger charge is 2.31. The molecule has 22 heavy (non-hydrogen) atoms. The van der Waals surface area contributed by atoms with Gasteiger partial charge in [0.1, 0.15) is 6.07 Å². The summed E-state index contributed by atoms with van der Waals surface area (Å²) in [6.45, 7) is 3.71. The van der Waals surface area contributed by atoms with Crippen LogP contribution in [0.4, 0.5) is 5.82 Å². The molecule has 2 aliphatic rings. The lowest BCUT2D eigenvalue weighted by Gasteiger charge is -2.40. The zero-order valence-corrected chi connectivity index (χ0v) is 12.5. The van der Waals surface area contributed by atoms with Crippen molar-refractivity contribution in [3.63, 3.8) is 0 Å². The van der Waals surface area contributed by atoms with Crippen LogP contribution in [0.1, 0.15) is 22.9 Å². The molecule has 7 nitrogen and oxygen atoms in total. The van der Waals surface area contributed by atoms with Gasteiger partial charge in [-0.3, -0.25) is 4.68 Å². The van der Waals surface area contributed by atoms with Crippen molar-refractivity contribution in [2.75, 3.05) is 31.6 Å². The Morgan fingerprint density at radius 1 is 1.32 bits per heavy atom. The highest BCUT2D eigenvalue weighted by Crippen LogP contribution is 2.28. The molecular weight excluding hydrogens is 278 g/mol. The highest BCUT2D eigenvalue weighted by molar-refractivity contribution is 5.45. The van der Waals surface area contributed by atoms with Gasteiger partial charge >= 0.3 is 0 Å². The number of hydrogen-bond acceptors (Lipinski definition) is 6. The zero-order valence-electron chi connectivity index (χ0n) is 12.5. The van der Waals surface area contributed by atoms with Gasteiger partial charge in [0.15, 0.2) is 5.82 Å². The van der Waals surface area contributed by atoms with Crippen molar-refractivity contribution in [1.82, 2.24) is 24.9 Å². The number of aromatic nitrogens is 4. The maximum atomic E-state index is 8.85. The van der Waals surface area contributed by atoms with E-state index in [0.717, 1.165) is 44.1 Å². The van der Waals surface area contributed by atoms with E-state index < -0.39 is 0 Å². The average Bonchev–Trinajstić information content (AvgIpc) is 2.94. The predicted octanol–water partition coefficient (Wildman–Crippen LogP) is 0.594. The lowest BCUT2D eigenvalue weighted by molar-refractivity contribution is 0.308. The second kappa shape index (κ2) is 5.07. The summed E-state index contributed by atoms with van der Waals surface area (Å²) in [7, 11) is 2.13. The van der Waals surface area contributed by atoms with Gasteiger partial charge in [-0.05, 0) is 18.7 Å². The predicted molar refractivity (Wildman–Crippen MR) is 80.3 cm³/mol. The Balaban J connectivity index is 1.46. The molecule has 1 fully saturated rings. The van der Waals surface area contributed by atoms with Crippen LogP contribution in [-0.2, 0) is 13.0 Å². The Morgan fingerprint density at radius 2 is 2.18 bits per heavy atom. The lowest BCUT2D eigenvalue weighted by Crippen LogP contribution is -2.48. The topological polar surface area (TPSA) is 73.9 Å². The maximum Gasteiger partial charge on any atom is 0.151 e. The Kier molecular flexibility index (Phi) is 3.05. The van der Waals surface area contributed by atoms with Crippen molar-refractivity contribution in [3.8, 4) is 6.07 Å². The first-order valence-electron chi connectivity index (χ1n) is 7.46. The third-order valence-corrected chi connectivity index (χ3v) is 4.41. The van der Waals surface area contributed by atoms with Crippen LogP contribution in [0.15, 0.2) is 18.5 Å². The summed E-state index contributed by atoms with van der Waals surface area (Å²) in [5, 5.41) is 21.8. The normalized spacial score (nSPS) is 18.6. The third-order valence-electron chi connectivity index (χ3n) is 4.41. The van der Waals surface area contributed by atoms with Gasteiger partial charge in [0.05, 0.1) is 23.5 Å². The smallest absolute Gasteiger partial charge is 0.151 e. The first-order chi connectivity index (χ1) is 10.7. The number of likely N-dealkylation sites (N-methyl/N-ethyl adjacent to an activating group) is 1. The molecule has 0 amide bonds. The number of anilines is 1. The van der Waals surface area contributed by atoms with Gasteiger partial charge in [-0.2, -0.15) is 15.5 Å². The molecule has 7 heteroatoms. The molecule has 0 aromatic carbocycles. The first kappa shape index (κ1) is 13.2. The van der Waals surface area contributed by atoms with Gasteiger partial charge in [-0.15, -0.1) is 5.10 Å². The van der Waals surface area contributed by atoms with Gasteiger partial charge < -0.3 is 9.80 Å². The zero-order chi connectivity index (χ0) is 15.1. The number of nitriles is 1. The lowest BCUT2D eigenvalue weighted by atomic mass is 10.1. The summed E-state index contributed by atoms with van der Waals surface area (Å²) < 4.78 is 1.87. The minimum Gasteiger partial charge on any atom is -0.351 e. The summed E-state index contributed by atoms with van der Waals surface area (Å²) in [4.78, 5) is 4.51. The van der Waals surface area contributed by atoms with Crippen molar-refractivity contribution >= 4 is 5.82 Å². The molecule has 0 spiro atoms. The number of nitrogens with zero attached hydrogens (tertiary/aromatic N) is 7. The second-order valence-corrected chi connectivity index (χ2v) is 6.04. The molecule has 0 radical (unpaired) electrons. The quantitative estimate of drug-likeness (QED) is 0.807. The molecule has 0 unspecified atom stereocenters. The fourth-order valence-electron chi connectivity index (χ4n) is 3.02. The Morgan fingerprint density at radius 3 is 2.95 bits per heavy atom. The van der Waals surface area contributed by atoms with E-state index in [1.807, 2.05) is 4.68 Å². The van der Waals surface area contributed by atoms with Crippen LogP contribution < -0.4 is 4.90 Å². The van der Waals surface area contributed by atoms with E-state index in [4.69, 9.17) is 5.26 Å². The van der Waals surface area contributed by atoms with E-state index in [1.165, 1.54) is 5.56 Å². The molecular formula is C15H17N7. The summed E-state index contributed by atoms with van der Waals surface area (Å²) in [5.41, 5.74) is 3.02. The fraction of sp³-hybridized carbons (Fsp3) is 0.467. The fourth-order valence-corrected chi connectivity index (χ4v) is 3.02. The number of fused-ring (bicyclic) bond motifs is 1. The molecule has 2 aromatic rings. The van der Waals surface area contributed by atoms with Gasteiger partial charge in [0.2, 0.25) is 0 Å². The summed E-state index contributed by atoms with van der Waals surface area (Å²) in [6, 6.07) is 4.58. The largest absolute Gasteiger partial charge is 0.351 e. The molecule has 2 aromatic heterocycles. The maximum absolute atomic E-state index is 8.85. The average molecular weight is 295 g/mol. The summed E-state index contributed by atoms with van der Waals surface area (Å²) >= 11 is 0. The van der Waals surface area contributed by atoms with Crippen LogP contribution in [0, 0.1) is 11.3 Å². The van der Waals surface area contributed by atoms with Gasteiger partial charge in [-0.1, -0.05) is 0 Å². The van der Waals surface area contributed by atoms with E-state index in [0.29, 0.717) is 11.6 Å². The molecule has 0 aliphatic carbocycles. The summed E-state index contributed by atoms with van der Waals surface area (Å²) in [5.74, 6) is 0.943. The van der Waals surface area contributed by atoms with E-state index in [1.54, 1.807) is 12.4 Å².